The highest BCUT2D eigenvalue weighted by Crippen LogP contribution is 2.25. The molecular weight excluding hydrogens is 360 g/mol. The number of aromatic nitrogens is 1. The van der Waals surface area contributed by atoms with Crippen molar-refractivity contribution in [2.45, 2.75) is 0 Å². The van der Waals surface area contributed by atoms with Crippen molar-refractivity contribution in [1.82, 2.24) is 9.88 Å². The van der Waals surface area contributed by atoms with Crippen LogP contribution in [0.5, 0.6) is 5.75 Å². The fourth-order valence-corrected chi connectivity index (χ4v) is 3.81. The van der Waals surface area contributed by atoms with E-state index in [1.54, 1.807) is 17.0 Å². The van der Waals surface area contributed by atoms with Gasteiger partial charge < -0.3 is 14.9 Å². The number of phenolic OH excluding ortho intramolecular Hbond substituents is 1. The Balaban J connectivity index is 1.34. The average Bonchev–Trinajstić information content (AvgIpc) is 3.17. The second-order valence-electron chi connectivity index (χ2n) is 6.33. The van der Waals surface area contributed by atoms with Gasteiger partial charge in [-0.25, -0.2) is 9.78 Å². The molecule has 4 rings (SSSR count). The van der Waals surface area contributed by atoms with Gasteiger partial charge in [-0.05, 0) is 12.1 Å². The quantitative estimate of drug-likeness (QED) is 0.724. The van der Waals surface area contributed by atoms with Crippen LogP contribution in [-0.4, -0.2) is 47.2 Å². The molecule has 0 saturated carbocycles. The summed E-state index contributed by atoms with van der Waals surface area (Å²) in [5, 5.41) is 15.1. The van der Waals surface area contributed by atoms with Crippen molar-refractivity contribution in [3.05, 3.63) is 60.0 Å². The Morgan fingerprint density at radius 3 is 2.56 bits per heavy atom. The van der Waals surface area contributed by atoms with Crippen LogP contribution < -0.4 is 10.2 Å². The molecule has 0 atom stereocenters. The third-order valence-corrected chi connectivity index (χ3v) is 5.31. The molecule has 27 heavy (non-hydrogen) atoms. The van der Waals surface area contributed by atoms with Crippen LogP contribution in [0, 0.1) is 0 Å². The van der Waals surface area contributed by atoms with Crippen LogP contribution in [0.2, 0.25) is 0 Å². The van der Waals surface area contributed by atoms with Gasteiger partial charge in [0.25, 0.3) is 0 Å². The highest BCUT2D eigenvalue weighted by molar-refractivity contribution is 7.14. The number of urea groups is 1. The van der Waals surface area contributed by atoms with E-state index in [1.165, 1.54) is 11.3 Å². The maximum atomic E-state index is 12.5. The molecule has 0 bridgehead atoms. The smallest absolute Gasteiger partial charge is 0.323 e. The first kappa shape index (κ1) is 17.4. The van der Waals surface area contributed by atoms with Crippen molar-refractivity contribution in [2.75, 3.05) is 36.4 Å². The molecule has 1 aromatic heterocycles. The van der Waals surface area contributed by atoms with E-state index in [0.717, 1.165) is 30.0 Å². The van der Waals surface area contributed by atoms with Gasteiger partial charge in [0.15, 0.2) is 5.13 Å². The van der Waals surface area contributed by atoms with Gasteiger partial charge in [-0.15, -0.1) is 11.3 Å². The molecule has 2 amide bonds. The number of aromatic hydroxyl groups is 1. The van der Waals surface area contributed by atoms with E-state index in [9.17, 15) is 9.90 Å². The van der Waals surface area contributed by atoms with Crippen molar-refractivity contribution in [3.8, 4) is 17.0 Å². The third-order valence-electron chi connectivity index (χ3n) is 4.55. The van der Waals surface area contributed by atoms with Crippen molar-refractivity contribution < 1.29 is 9.90 Å². The first-order chi connectivity index (χ1) is 13.2. The lowest BCUT2D eigenvalue weighted by atomic mass is 10.2. The van der Waals surface area contributed by atoms with E-state index >= 15 is 0 Å². The molecule has 1 aliphatic heterocycles. The van der Waals surface area contributed by atoms with Crippen LogP contribution in [0.4, 0.5) is 15.6 Å². The predicted octanol–water partition coefficient (Wildman–Crippen LogP) is 3.87. The van der Waals surface area contributed by atoms with Crippen LogP contribution in [-0.2, 0) is 0 Å². The lowest BCUT2D eigenvalue weighted by Gasteiger charge is -2.35. The van der Waals surface area contributed by atoms with Gasteiger partial charge in [0, 0.05) is 48.9 Å². The zero-order valence-corrected chi connectivity index (χ0v) is 15.5. The van der Waals surface area contributed by atoms with Crippen molar-refractivity contribution in [1.29, 1.82) is 0 Å². The number of hydrogen-bond donors (Lipinski definition) is 2. The first-order valence-corrected chi connectivity index (χ1v) is 9.68. The van der Waals surface area contributed by atoms with Gasteiger partial charge in [-0.3, -0.25) is 5.32 Å². The number of carbonyl (C=O) groups excluding carboxylic acids is 1. The molecule has 0 spiro atoms. The lowest BCUT2D eigenvalue weighted by molar-refractivity contribution is 0.208. The maximum Gasteiger partial charge on any atom is 0.323 e. The zero-order valence-electron chi connectivity index (χ0n) is 14.7. The number of amides is 2. The number of carbonyl (C=O) groups is 1. The molecule has 2 heterocycles. The second-order valence-corrected chi connectivity index (χ2v) is 7.19. The number of phenols is 1. The van der Waals surface area contributed by atoms with E-state index in [1.807, 2.05) is 47.8 Å². The molecule has 1 aliphatic rings. The fourth-order valence-electron chi connectivity index (χ4n) is 3.10. The monoisotopic (exact) mass is 380 g/mol. The summed E-state index contributed by atoms with van der Waals surface area (Å²) in [5.74, 6) is 0.255. The Labute approximate surface area is 161 Å². The minimum atomic E-state index is -0.125. The summed E-state index contributed by atoms with van der Waals surface area (Å²) < 4.78 is 0. The standard InChI is InChI=1S/C20H20N4O2S/c25-17-8-4-7-16(13-17)23-9-11-24(12-10-23)20(26)22-19-21-18(14-27-19)15-5-2-1-3-6-15/h1-8,13-14,25H,9-12H2,(H,21,22,26). The van der Waals surface area contributed by atoms with Gasteiger partial charge in [0.2, 0.25) is 0 Å². The van der Waals surface area contributed by atoms with Crippen LogP contribution in [0.25, 0.3) is 11.3 Å². The van der Waals surface area contributed by atoms with E-state index in [-0.39, 0.29) is 11.8 Å². The predicted molar refractivity (Wildman–Crippen MR) is 108 cm³/mol. The summed E-state index contributed by atoms with van der Waals surface area (Å²) in [5.41, 5.74) is 2.88. The van der Waals surface area contributed by atoms with Crippen molar-refractivity contribution in [2.24, 2.45) is 0 Å². The topological polar surface area (TPSA) is 68.7 Å². The molecule has 7 heteroatoms. The Morgan fingerprint density at radius 1 is 1.04 bits per heavy atom. The van der Waals surface area contributed by atoms with Crippen LogP contribution in [0.15, 0.2) is 60.0 Å². The average molecular weight is 380 g/mol. The van der Waals surface area contributed by atoms with E-state index in [4.69, 9.17) is 0 Å². The van der Waals surface area contributed by atoms with Crippen LogP contribution in [0.3, 0.4) is 0 Å². The van der Waals surface area contributed by atoms with Gasteiger partial charge in [-0.2, -0.15) is 0 Å². The number of rotatable bonds is 3. The largest absolute Gasteiger partial charge is 0.508 e. The number of nitrogens with zero attached hydrogens (tertiary/aromatic N) is 3. The normalized spacial score (nSPS) is 14.2. The van der Waals surface area contributed by atoms with Crippen molar-refractivity contribution in [3.63, 3.8) is 0 Å². The van der Waals surface area contributed by atoms with Crippen LogP contribution >= 0.6 is 11.3 Å². The first-order valence-electron chi connectivity index (χ1n) is 8.80. The molecule has 2 aromatic carbocycles. The lowest BCUT2D eigenvalue weighted by Crippen LogP contribution is -2.50. The second kappa shape index (κ2) is 7.67. The van der Waals surface area contributed by atoms with Gasteiger partial charge >= 0.3 is 6.03 Å². The summed E-state index contributed by atoms with van der Waals surface area (Å²) in [6, 6.07) is 17.0. The number of thiazole rings is 1. The molecule has 1 fully saturated rings. The Morgan fingerprint density at radius 2 is 1.81 bits per heavy atom. The number of benzene rings is 2. The minimum Gasteiger partial charge on any atom is -0.508 e. The summed E-state index contributed by atoms with van der Waals surface area (Å²) in [6.07, 6.45) is 0. The maximum absolute atomic E-state index is 12.5. The molecule has 3 aromatic rings. The molecular formula is C20H20N4O2S. The number of hydrogen-bond acceptors (Lipinski definition) is 5. The molecule has 138 valence electrons. The fraction of sp³-hybridized carbons (Fsp3) is 0.200. The Hall–Kier alpha value is -3.06. The molecule has 1 saturated heterocycles. The Kier molecular flexibility index (Phi) is 4.93. The van der Waals surface area contributed by atoms with Gasteiger partial charge in [0.1, 0.15) is 5.75 Å². The summed E-state index contributed by atoms with van der Waals surface area (Å²) in [6.45, 7) is 2.70. The minimum absolute atomic E-state index is 0.125. The molecule has 2 N–H and O–H groups in total. The van der Waals surface area contributed by atoms with Crippen molar-refractivity contribution >= 4 is 28.2 Å². The summed E-state index contributed by atoms with van der Waals surface area (Å²) in [4.78, 5) is 21.0. The molecule has 6 nitrogen and oxygen atoms in total. The van der Waals surface area contributed by atoms with Gasteiger partial charge in [-0.1, -0.05) is 36.4 Å². The zero-order chi connectivity index (χ0) is 18.6. The molecule has 0 aliphatic carbocycles. The summed E-state index contributed by atoms with van der Waals surface area (Å²) >= 11 is 1.43. The van der Waals surface area contributed by atoms with E-state index < -0.39 is 0 Å². The number of anilines is 2. The van der Waals surface area contributed by atoms with E-state index in [0.29, 0.717) is 18.2 Å². The number of piperazine rings is 1. The highest BCUT2D eigenvalue weighted by Gasteiger charge is 2.22. The van der Waals surface area contributed by atoms with Gasteiger partial charge in [0.05, 0.1) is 5.69 Å². The third kappa shape index (κ3) is 4.03. The molecule has 0 radical (unpaired) electrons. The SMILES string of the molecule is O=C(Nc1nc(-c2ccccc2)cs1)N1CCN(c2cccc(O)c2)CC1. The summed E-state index contributed by atoms with van der Waals surface area (Å²) in [7, 11) is 0. The Bertz CT molecular complexity index is 920. The van der Waals surface area contributed by atoms with Crippen LogP contribution in [0.1, 0.15) is 0 Å². The number of nitrogens with one attached hydrogen (secondary N) is 1. The van der Waals surface area contributed by atoms with E-state index in [2.05, 4.69) is 15.2 Å². The molecule has 0 unspecified atom stereocenters. The highest BCUT2D eigenvalue weighted by atomic mass is 32.1.